The first-order valence-corrected chi connectivity index (χ1v) is 8.27. The number of ether oxygens (including phenoxy) is 1. The van der Waals surface area contributed by atoms with Crippen molar-refractivity contribution >= 4 is 17.9 Å². The van der Waals surface area contributed by atoms with Gasteiger partial charge >= 0.3 is 17.9 Å². The maximum Gasteiger partial charge on any atom is 0.338 e. The standard InChI is InChI=1S/C11H12O5.C9H10O2/c12-9(6-10(13)14)5-7-1-3-8(4-2-7)11(15)16;1-2-11-9(10)8-6-4-3-5-7-8/h1-4,9,12H,5-6H2,(H,13,14)(H,15,16);3-7H,2H2,1H3. The monoisotopic (exact) mass is 374 g/mol. The third kappa shape index (κ3) is 8.64. The van der Waals surface area contributed by atoms with E-state index in [1.54, 1.807) is 31.2 Å². The molecular formula is C20H22O7. The van der Waals surface area contributed by atoms with E-state index in [1.165, 1.54) is 12.1 Å². The quantitative estimate of drug-likeness (QED) is 0.637. The highest BCUT2D eigenvalue weighted by atomic mass is 16.5. The van der Waals surface area contributed by atoms with Crippen LogP contribution in [-0.4, -0.2) is 45.9 Å². The van der Waals surface area contributed by atoms with Gasteiger partial charge in [0.1, 0.15) is 0 Å². The zero-order valence-corrected chi connectivity index (χ0v) is 14.9. The van der Waals surface area contributed by atoms with Gasteiger partial charge in [-0.15, -0.1) is 0 Å². The van der Waals surface area contributed by atoms with E-state index in [0.29, 0.717) is 17.7 Å². The summed E-state index contributed by atoms with van der Waals surface area (Å²) in [6.07, 6.45) is -1.07. The van der Waals surface area contributed by atoms with Crippen molar-refractivity contribution < 1.29 is 34.4 Å². The van der Waals surface area contributed by atoms with Gasteiger partial charge in [-0.25, -0.2) is 9.59 Å². The van der Waals surface area contributed by atoms with Crippen LogP contribution in [0.2, 0.25) is 0 Å². The lowest BCUT2D eigenvalue weighted by atomic mass is 10.0. The Bertz CT molecular complexity index is 739. The highest BCUT2D eigenvalue weighted by molar-refractivity contribution is 5.89. The van der Waals surface area contributed by atoms with Crippen LogP contribution in [0, 0.1) is 0 Å². The summed E-state index contributed by atoms with van der Waals surface area (Å²) in [6.45, 7) is 2.22. The van der Waals surface area contributed by atoms with Gasteiger partial charge in [-0.05, 0) is 43.2 Å². The number of aromatic carboxylic acids is 1. The van der Waals surface area contributed by atoms with E-state index in [9.17, 15) is 19.5 Å². The van der Waals surface area contributed by atoms with E-state index in [4.69, 9.17) is 14.9 Å². The second-order valence-electron chi connectivity index (χ2n) is 5.54. The molecule has 0 aliphatic carbocycles. The first-order valence-electron chi connectivity index (χ1n) is 8.27. The molecule has 0 heterocycles. The Kier molecular flexibility index (Phi) is 9.25. The third-order valence-electron chi connectivity index (χ3n) is 3.37. The third-order valence-corrected chi connectivity index (χ3v) is 3.37. The van der Waals surface area contributed by atoms with E-state index < -0.39 is 18.0 Å². The summed E-state index contributed by atoms with van der Waals surface area (Å²) in [5, 5.41) is 26.4. The largest absolute Gasteiger partial charge is 0.481 e. The minimum atomic E-state index is -1.06. The Balaban J connectivity index is 0.000000289. The van der Waals surface area contributed by atoms with Crippen LogP contribution in [-0.2, 0) is 16.0 Å². The van der Waals surface area contributed by atoms with Crippen molar-refractivity contribution in [3.8, 4) is 0 Å². The molecule has 2 aromatic rings. The first kappa shape index (κ1) is 21.9. The molecule has 0 saturated heterocycles. The van der Waals surface area contributed by atoms with Gasteiger partial charge in [0, 0.05) is 0 Å². The number of carbonyl (C=O) groups excluding carboxylic acids is 1. The number of hydrogen-bond donors (Lipinski definition) is 3. The Morgan fingerprint density at radius 3 is 2.00 bits per heavy atom. The topological polar surface area (TPSA) is 121 Å². The van der Waals surface area contributed by atoms with Gasteiger partial charge in [-0.3, -0.25) is 4.79 Å². The van der Waals surface area contributed by atoms with Gasteiger partial charge in [-0.1, -0.05) is 30.3 Å². The minimum absolute atomic E-state index is 0.163. The molecule has 7 nitrogen and oxygen atoms in total. The van der Waals surface area contributed by atoms with E-state index in [0.717, 1.165) is 0 Å². The molecule has 0 saturated carbocycles. The van der Waals surface area contributed by atoms with Crippen LogP contribution < -0.4 is 0 Å². The fourth-order valence-electron chi connectivity index (χ4n) is 2.12. The molecule has 0 aromatic heterocycles. The number of aliphatic hydroxyl groups excluding tert-OH is 1. The molecule has 0 aliphatic heterocycles. The van der Waals surface area contributed by atoms with Crippen molar-refractivity contribution in [2.24, 2.45) is 0 Å². The van der Waals surface area contributed by atoms with Crippen molar-refractivity contribution in [2.45, 2.75) is 25.9 Å². The van der Waals surface area contributed by atoms with Crippen LogP contribution >= 0.6 is 0 Å². The maximum atomic E-state index is 11.0. The molecule has 0 radical (unpaired) electrons. The van der Waals surface area contributed by atoms with Gasteiger partial charge in [0.05, 0.1) is 30.3 Å². The summed E-state index contributed by atoms with van der Waals surface area (Å²) >= 11 is 0. The molecule has 144 valence electrons. The summed E-state index contributed by atoms with van der Waals surface area (Å²) in [4.78, 5) is 31.9. The van der Waals surface area contributed by atoms with Gasteiger partial charge in [0.2, 0.25) is 0 Å². The zero-order chi connectivity index (χ0) is 20.2. The second kappa shape index (κ2) is 11.4. The highest BCUT2D eigenvalue weighted by Crippen LogP contribution is 2.08. The molecule has 0 bridgehead atoms. The van der Waals surface area contributed by atoms with Crippen molar-refractivity contribution in [1.82, 2.24) is 0 Å². The average Bonchev–Trinajstić information content (AvgIpc) is 2.63. The number of carboxylic acids is 2. The Morgan fingerprint density at radius 1 is 0.926 bits per heavy atom. The van der Waals surface area contributed by atoms with E-state index in [2.05, 4.69) is 0 Å². The smallest absolute Gasteiger partial charge is 0.338 e. The van der Waals surface area contributed by atoms with E-state index in [-0.39, 0.29) is 24.4 Å². The van der Waals surface area contributed by atoms with Crippen LogP contribution in [0.5, 0.6) is 0 Å². The molecule has 27 heavy (non-hydrogen) atoms. The van der Waals surface area contributed by atoms with Gasteiger partial charge < -0.3 is 20.1 Å². The number of hydrogen-bond acceptors (Lipinski definition) is 5. The van der Waals surface area contributed by atoms with Crippen LogP contribution in [0.15, 0.2) is 54.6 Å². The predicted octanol–water partition coefficient (Wildman–Crippen LogP) is 2.63. The van der Waals surface area contributed by atoms with Crippen molar-refractivity contribution in [3.63, 3.8) is 0 Å². The average molecular weight is 374 g/mol. The summed E-state index contributed by atoms with van der Waals surface area (Å²) in [7, 11) is 0. The molecular weight excluding hydrogens is 352 g/mol. The Hall–Kier alpha value is -3.19. The number of rotatable bonds is 7. The molecule has 1 unspecified atom stereocenters. The van der Waals surface area contributed by atoms with Crippen LogP contribution in [0.3, 0.4) is 0 Å². The molecule has 7 heteroatoms. The van der Waals surface area contributed by atoms with E-state index >= 15 is 0 Å². The lowest BCUT2D eigenvalue weighted by molar-refractivity contribution is -0.139. The fraction of sp³-hybridized carbons (Fsp3) is 0.250. The van der Waals surface area contributed by atoms with Gasteiger partial charge in [0.15, 0.2) is 0 Å². The molecule has 0 spiro atoms. The lowest BCUT2D eigenvalue weighted by Gasteiger charge is -2.07. The number of carbonyl (C=O) groups is 3. The van der Waals surface area contributed by atoms with Gasteiger partial charge in [0.25, 0.3) is 0 Å². The number of aliphatic carboxylic acids is 1. The zero-order valence-electron chi connectivity index (χ0n) is 14.9. The summed E-state index contributed by atoms with van der Waals surface area (Å²) in [6, 6.07) is 14.9. The number of benzene rings is 2. The predicted molar refractivity (Wildman–Crippen MR) is 97.8 cm³/mol. The number of aliphatic hydroxyl groups is 1. The van der Waals surface area contributed by atoms with Crippen LogP contribution in [0.1, 0.15) is 39.6 Å². The first-order chi connectivity index (χ1) is 12.8. The Morgan fingerprint density at radius 2 is 1.52 bits per heavy atom. The summed E-state index contributed by atoms with van der Waals surface area (Å²) < 4.78 is 4.79. The molecule has 0 aliphatic rings. The maximum absolute atomic E-state index is 11.0. The van der Waals surface area contributed by atoms with Crippen molar-refractivity contribution in [3.05, 3.63) is 71.3 Å². The van der Waals surface area contributed by atoms with Crippen molar-refractivity contribution in [1.29, 1.82) is 0 Å². The highest BCUT2D eigenvalue weighted by Gasteiger charge is 2.10. The normalized spacial score (nSPS) is 10.9. The van der Waals surface area contributed by atoms with Crippen molar-refractivity contribution in [2.75, 3.05) is 6.61 Å². The molecule has 0 amide bonds. The SMILES string of the molecule is CCOC(=O)c1ccccc1.O=C(O)CC(O)Cc1ccc(C(=O)O)cc1. The molecule has 3 N–H and O–H groups in total. The van der Waals surface area contributed by atoms with Gasteiger partial charge in [-0.2, -0.15) is 0 Å². The lowest BCUT2D eigenvalue weighted by Crippen LogP contribution is -2.15. The number of carboxylic acid groups (broad SMARTS) is 2. The summed E-state index contributed by atoms with van der Waals surface area (Å²) in [5.41, 5.74) is 1.48. The Labute approximate surface area is 156 Å². The van der Waals surface area contributed by atoms with E-state index in [1.807, 2.05) is 18.2 Å². The molecule has 2 rings (SSSR count). The summed E-state index contributed by atoms with van der Waals surface area (Å²) in [5.74, 6) is -2.33. The minimum Gasteiger partial charge on any atom is -0.481 e. The molecule has 1 atom stereocenters. The number of esters is 1. The van der Waals surface area contributed by atoms with Crippen LogP contribution in [0.4, 0.5) is 0 Å². The van der Waals surface area contributed by atoms with Crippen LogP contribution in [0.25, 0.3) is 0 Å². The molecule has 0 fully saturated rings. The second-order valence-corrected chi connectivity index (χ2v) is 5.54. The fourth-order valence-corrected chi connectivity index (χ4v) is 2.12. The molecule has 2 aromatic carbocycles.